The molecule has 0 spiro atoms. The molecule has 0 amide bonds. The Kier molecular flexibility index (Phi) is 4.14. The fourth-order valence-electron chi connectivity index (χ4n) is 3.51. The van der Waals surface area contributed by atoms with E-state index in [4.69, 9.17) is 5.73 Å². The summed E-state index contributed by atoms with van der Waals surface area (Å²) in [6, 6.07) is 0.219. The first-order valence-electron chi connectivity index (χ1n) is 6.92. The Balaban J connectivity index is 1.82. The van der Waals surface area contributed by atoms with E-state index in [0.29, 0.717) is 23.3 Å². The SMILES string of the molecule is CC1CCCC(C(N)CC2CCS(=O)(=O)C2)C1. The summed E-state index contributed by atoms with van der Waals surface area (Å²) >= 11 is 0. The second-order valence-corrected chi connectivity index (χ2v) is 8.43. The van der Waals surface area contributed by atoms with E-state index in [0.717, 1.165) is 18.8 Å². The quantitative estimate of drug-likeness (QED) is 0.843. The molecule has 1 aliphatic heterocycles. The van der Waals surface area contributed by atoms with Crippen LogP contribution in [-0.2, 0) is 9.84 Å². The van der Waals surface area contributed by atoms with Crippen molar-refractivity contribution in [3.05, 3.63) is 0 Å². The zero-order valence-corrected chi connectivity index (χ0v) is 11.6. The predicted molar refractivity (Wildman–Crippen MR) is 70.5 cm³/mol. The molecule has 1 aliphatic carbocycles. The van der Waals surface area contributed by atoms with Crippen LogP contribution in [0.1, 0.15) is 45.4 Å². The molecule has 17 heavy (non-hydrogen) atoms. The highest BCUT2D eigenvalue weighted by Gasteiger charge is 2.32. The van der Waals surface area contributed by atoms with Crippen LogP contribution in [0, 0.1) is 17.8 Å². The van der Waals surface area contributed by atoms with Gasteiger partial charge < -0.3 is 5.73 Å². The summed E-state index contributed by atoms with van der Waals surface area (Å²) in [5.74, 6) is 2.51. The van der Waals surface area contributed by atoms with Gasteiger partial charge in [-0.15, -0.1) is 0 Å². The molecule has 0 aromatic carbocycles. The van der Waals surface area contributed by atoms with E-state index in [9.17, 15) is 8.42 Å². The highest BCUT2D eigenvalue weighted by atomic mass is 32.2. The van der Waals surface area contributed by atoms with E-state index in [1.54, 1.807) is 0 Å². The number of hydrogen-bond acceptors (Lipinski definition) is 3. The van der Waals surface area contributed by atoms with Crippen molar-refractivity contribution in [2.24, 2.45) is 23.5 Å². The van der Waals surface area contributed by atoms with Crippen molar-refractivity contribution < 1.29 is 8.42 Å². The summed E-state index contributed by atoms with van der Waals surface area (Å²) < 4.78 is 22.8. The smallest absolute Gasteiger partial charge is 0.150 e. The average molecular weight is 259 g/mol. The molecule has 2 aliphatic rings. The van der Waals surface area contributed by atoms with E-state index in [2.05, 4.69) is 6.92 Å². The van der Waals surface area contributed by atoms with Crippen LogP contribution in [0.4, 0.5) is 0 Å². The van der Waals surface area contributed by atoms with Crippen molar-refractivity contribution in [3.63, 3.8) is 0 Å². The third-order valence-electron chi connectivity index (χ3n) is 4.51. The minimum absolute atomic E-state index is 0.219. The van der Waals surface area contributed by atoms with Gasteiger partial charge in [0.25, 0.3) is 0 Å². The summed E-state index contributed by atoms with van der Waals surface area (Å²) in [5.41, 5.74) is 6.28. The Hall–Kier alpha value is -0.0900. The van der Waals surface area contributed by atoms with Gasteiger partial charge in [0.15, 0.2) is 9.84 Å². The second-order valence-electron chi connectivity index (χ2n) is 6.20. The van der Waals surface area contributed by atoms with Crippen molar-refractivity contribution in [2.45, 2.75) is 51.5 Å². The molecule has 1 saturated carbocycles. The van der Waals surface area contributed by atoms with E-state index in [1.165, 1.54) is 25.7 Å². The summed E-state index contributed by atoms with van der Waals surface area (Å²) in [7, 11) is -2.74. The molecule has 4 unspecified atom stereocenters. The molecule has 4 atom stereocenters. The van der Waals surface area contributed by atoms with Gasteiger partial charge in [-0.2, -0.15) is 0 Å². The van der Waals surface area contributed by atoms with Crippen LogP contribution in [0.15, 0.2) is 0 Å². The highest BCUT2D eigenvalue weighted by molar-refractivity contribution is 7.91. The van der Waals surface area contributed by atoms with Gasteiger partial charge in [-0.1, -0.05) is 19.8 Å². The van der Waals surface area contributed by atoms with Crippen LogP contribution in [0.2, 0.25) is 0 Å². The van der Waals surface area contributed by atoms with Crippen LogP contribution in [-0.4, -0.2) is 26.0 Å². The zero-order valence-electron chi connectivity index (χ0n) is 10.8. The molecule has 1 saturated heterocycles. The molecule has 2 rings (SSSR count). The van der Waals surface area contributed by atoms with E-state index in [-0.39, 0.29) is 6.04 Å². The lowest BCUT2D eigenvalue weighted by Crippen LogP contribution is -2.35. The van der Waals surface area contributed by atoms with Gasteiger partial charge >= 0.3 is 0 Å². The lowest BCUT2D eigenvalue weighted by atomic mass is 9.76. The maximum atomic E-state index is 11.4. The minimum Gasteiger partial charge on any atom is -0.327 e. The third kappa shape index (κ3) is 3.68. The van der Waals surface area contributed by atoms with E-state index < -0.39 is 9.84 Å². The lowest BCUT2D eigenvalue weighted by Gasteiger charge is -2.32. The minimum atomic E-state index is -2.74. The molecule has 2 N–H and O–H groups in total. The van der Waals surface area contributed by atoms with Gasteiger partial charge in [0.1, 0.15) is 0 Å². The van der Waals surface area contributed by atoms with Crippen molar-refractivity contribution in [1.82, 2.24) is 0 Å². The first-order chi connectivity index (χ1) is 7.96. The molecule has 2 fully saturated rings. The number of rotatable bonds is 3. The van der Waals surface area contributed by atoms with Gasteiger partial charge in [-0.25, -0.2) is 8.42 Å². The van der Waals surface area contributed by atoms with Crippen molar-refractivity contribution in [1.29, 1.82) is 0 Å². The first kappa shape index (κ1) is 13.3. The fraction of sp³-hybridized carbons (Fsp3) is 1.00. The zero-order chi connectivity index (χ0) is 12.5. The van der Waals surface area contributed by atoms with Crippen molar-refractivity contribution >= 4 is 9.84 Å². The summed E-state index contributed by atoms with van der Waals surface area (Å²) in [6.45, 7) is 2.30. The Morgan fingerprint density at radius 3 is 2.65 bits per heavy atom. The predicted octanol–water partition coefficient (Wildman–Crippen LogP) is 1.96. The van der Waals surface area contributed by atoms with Gasteiger partial charge in [0, 0.05) is 6.04 Å². The van der Waals surface area contributed by atoms with Crippen molar-refractivity contribution in [2.75, 3.05) is 11.5 Å². The van der Waals surface area contributed by atoms with Crippen LogP contribution in [0.25, 0.3) is 0 Å². The molecule has 0 aromatic rings. The number of hydrogen-bond donors (Lipinski definition) is 1. The van der Waals surface area contributed by atoms with E-state index in [1.807, 2.05) is 0 Å². The van der Waals surface area contributed by atoms with Gasteiger partial charge in [0.2, 0.25) is 0 Å². The standard InChI is InChI=1S/C13H25NO2S/c1-10-3-2-4-12(7-10)13(14)8-11-5-6-17(15,16)9-11/h10-13H,2-9,14H2,1H3. The van der Waals surface area contributed by atoms with Gasteiger partial charge in [-0.05, 0) is 43.4 Å². The normalized spacial score (nSPS) is 39.1. The third-order valence-corrected chi connectivity index (χ3v) is 6.35. The van der Waals surface area contributed by atoms with Crippen molar-refractivity contribution in [3.8, 4) is 0 Å². The summed E-state index contributed by atoms with van der Waals surface area (Å²) in [6.07, 6.45) is 6.85. The Morgan fingerprint density at radius 2 is 2.06 bits per heavy atom. The molecular weight excluding hydrogens is 234 g/mol. The van der Waals surface area contributed by atoms with Gasteiger partial charge in [-0.3, -0.25) is 0 Å². The molecular formula is C13H25NO2S. The molecule has 100 valence electrons. The molecule has 3 nitrogen and oxygen atoms in total. The summed E-state index contributed by atoms with van der Waals surface area (Å²) in [5, 5.41) is 0. The van der Waals surface area contributed by atoms with E-state index >= 15 is 0 Å². The Bertz CT molecular complexity index is 352. The molecule has 0 bridgehead atoms. The largest absolute Gasteiger partial charge is 0.327 e. The monoisotopic (exact) mass is 259 g/mol. The lowest BCUT2D eigenvalue weighted by molar-refractivity contribution is 0.228. The topological polar surface area (TPSA) is 60.2 Å². The molecule has 0 aromatic heterocycles. The van der Waals surface area contributed by atoms with Crippen LogP contribution < -0.4 is 5.73 Å². The van der Waals surface area contributed by atoms with Crippen LogP contribution in [0.5, 0.6) is 0 Å². The highest BCUT2D eigenvalue weighted by Crippen LogP contribution is 2.33. The Labute approximate surface area is 105 Å². The fourth-order valence-corrected chi connectivity index (χ4v) is 5.39. The van der Waals surface area contributed by atoms with Crippen LogP contribution >= 0.6 is 0 Å². The molecule has 0 radical (unpaired) electrons. The first-order valence-corrected chi connectivity index (χ1v) is 8.74. The summed E-state index contributed by atoms with van der Waals surface area (Å²) in [4.78, 5) is 0. The maximum absolute atomic E-state index is 11.4. The maximum Gasteiger partial charge on any atom is 0.150 e. The average Bonchev–Trinajstić information content (AvgIpc) is 2.58. The Morgan fingerprint density at radius 1 is 1.29 bits per heavy atom. The van der Waals surface area contributed by atoms with Crippen LogP contribution in [0.3, 0.4) is 0 Å². The molecule has 1 heterocycles. The number of sulfone groups is 1. The number of nitrogens with two attached hydrogens (primary N) is 1. The second kappa shape index (κ2) is 5.27. The molecule has 4 heteroatoms. The van der Waals surface area contributed by atoms with Gasteiger partial charge in [0.05, 0.1) is 11.5 Å².